The van der Waals surface area contributed by atoms with Gasteiger partial charge in [0.05, 0.1) is 0 Å². The minimum Gasteiger partial charge on any atom is -0.141 e. The van der Waals surface area contributed by atoms with Crippen molar-refractivity contribution in [1.82, 2.24) is 0 Å². The summed E-state index contributed by atoms with van der Waals surface area (Å²) in [6, 6.07) is 11.1. The van der Waals surface area contributed by atoms with Crippen LogP contribution in [0.15, 0.2) is 40.9 Å². The van der Waals surface area contributed by atoms with Crippen LogP contribution in [0, 0.1) is 6.92 Å². The van der Waals surface area contributed by atoms with E-state index in [1.54, 1.807) is 0 Å². The third-order valence-corrected chi connectivity index (χ3v) is 5.35. The minimum absolute atomic E-state index is 0.228. The van der Waals surface area contributed by atoms with Gasteiger partial charge in [-0.15, -0.1) is 11.3 Å². The SMILES string of the molecule is Cc1ccc(C2=CCC(C)(C)c3ccc(Br)cc32)s1. The molecule has 1 aliphatic carbocycles. The van der Waals surface area contributed by atoms with Crippen LogP contribution in [0.5, 0.6) is 0 Å². The second kappa shape index (κ2) is 4.60. The fraction of sp³-hybridized carbons (Fsp3) is 0.294. The smallest absolute Gasteiger partial charge is 0.0348 e. The second-order valence-electron chi connectivity index (χ2n) is 5.81. The van der Waals surface area contributed by atoms with Crippen LogP contribution in [-0.4, -0.2) is 0 Å². The lowest BCUT2D eigenvalue weighted by Gasteiger charge is -2.32. The Morgan fingerprint density at radius 1 is 1.16 bits per heavy atom. The molecule has 1 aromatic carbocycles. The maximum Gasteiger partial charge on any atom is 0.0348 e. The molecule has 3 rings (SSSR count). The minimum atomic E-state index is 0.228. The van der Waals surface area contributed by atoms with Gasteiger partial charge < -0.3 is 0 Å². The molecule has 2 heteroatoms. The van der Waals surface area contributed by atoms with Gasteiger partial charge in [0.2, 0.25) is 0 Å². The van der Waals surface area contributed by atoms with Crippen molar-refractivity contribution in [3.63, 3.8) is 0 Å². The van der Waals surface area contributed by atoms with Gasteiger partial charge in [0.1, 0.15) is 0 Å². The normalized spacial score (nSPS) is 16.9. The molecule has 2 aromatic rings. The number of benzene rings is 1. The molecular weight excluding hydrogens is 316 g/mol. The second-order valence-corrected chi connectivity index (χ2v) is 8.01. The molecule has 0 spiro atoms. The predicted molar refractivity (Wildman–Crippen MR) is 87.9 cm³/mol. The van der Waals surface area contributed by atoms with E-state index in [4.69, 9.17) is 0 Å². The molecule has 0 atom stereocenters. The van der Waals surface area contributed by atoms with Gasteiger partial charge in [-0.25, -0.2) is 0 Å². The monoisotopic (exact) mass is 332 g/mol. The lowest BCUT2D eigenvalue weighted by atomic mass is 9.73. The average Bonchev–Trinajstić information content (AvgIpc) is 2.75. The molecular formula is C17H17BrS. The summed E-state index contributed by atoms with van der Waals surface area (Å²) in [5.74, 6) is 0. The average molecular weight is 333 g/mol. The number of allylic oxidation sites excluding steroid dienone is 1. The number of rotatable bonds is 1. The van der Waals surface area contributed by atoms with Gasteiger partial charge in [0.15, 0.2) is 0 Å². The fourth-order valence-corrected chi connectivity index (χ4v) is 4.00. The van der Waals surface area contributed by atoms with E-state index in [0.717, 1.165) is 10.9 Å². The van der Waals surface area contributed by atoms with Crippen LogP contribution in [0.4, 0.5) is 0 Å². The molecule has 1 aromatic heterocycles. The van der Waals surface area contributed by atoms with Crippen molar-refractivity contribution in [2.45, 2.75) is 32.6 Å². The molecule has 0 fully saturated rings. The molecule has 1 aliphatic rings. The first-order valence-electron chi connectivity index (χ1n) is 6.55. The van der Waals surface area contributed by atoms with Gasteiger partial charge in [-0.2, -0.15) is 0 Å². The number of hydrogen-bond acceptors (Lipinski definition) is 1. The third-order valence-electron chi connectivity index (χ3n) is 3.82. The zero-order chi connectivity index (χ0) is 13.6. The lowest BCUT2D eigenvalue weighted by molar-refractivity contribution is 0.527. The first-order chi connectivity index (χ1) is 8.97. The first-order valence-corrected chi connectivity index (χ1v) is 8.16. The van der Waals surface area contributed by atoms with Crippen LogP contribution in [0.3, 0.4) is 0 Å². The fourth-order valence-electron chi connectivity index (χ4n) is 2.72. The van der Waals surface area contributed by atoms with Crippen molar-refractivity contribution in [3.8, 4) is 0 Å². The summed E-state index contributed by atoms with van der Waals surface area (Å²) in [5.41, 5.74) is 4.46. The molecule has 0 unspecified atom stereocenters. The highest BCUT2D eigenvalue weighted by Gasteiger charge is 2.28. The summed E-state index contributed by atoms with van der Waals surface area (Å²) in [7, 11) is 0. The third kappa shape index (κ3) is 2.32. The van der Waals surface area contributed by atoms with Gasteiger partial charge >= 0.3 is 0 Å². The highest BCUT2D eigenvalue weighted by atomic mass is 79.9. The maximum absolute atomic E-state index is 3.61. The summed E-state index contributed by atoms with van der Waals surface area (Å²) in [5, 5.41) is 0. The van der Waals surface area contributed by atoms with Gasteiger partial charge in [0.25, 0.3) is 0 Å². The predicted octanol–water partition coefficient (Wildman–Crippen LogP) is 5.93. The van der Waals surface area contributed by atoms with Crippen LogP contribution in [0.25, 0.3) is 5.57 Å². The summed E-state index contributed by atoms with van der Waals surface area (Å²) in [6.45, 7) is 6.82. The van der Waals surface area contributed by atoms with Crippen molar-refractivity contribution < 1.29 is 0 Å². The van der Waals surface area contributed by atoms with E-state index in [9.17, 15) is 0 Å². The summed E-state index contributed by atoms with van der Waals surface area (Å²) < 4.78 is 1.16. The Bertz CT molecular complexity index is 662. The molecule has 98 valence electrons. The van der Waals surface area contributed by atoms with Crippen molar-refractivity contribution in [1.29, 1.82) is 0 Å². The van der Waals surface area contributed by atoms with E-state index >= 15 is 0 Å². The molecule has 19 heavy (non-hydrogen) atoms. The number of fused-ring (bicyclic) bond motifs is 1. The molecule has 0 amide bonds. The van der Waals surface area contributed by atoms with Gasteiger partial charge in [-0.3, -0.25) is 0 Å². The van der Waals surface area contributed by atoms with E-state index in [1.165, 1.54) is 26.5 Å². The van der Waals surface area contributed by atoms with Crippen LogP contribution >= 0.6 is 27.3 Å². The van der Waals surface area contributed by atoms with Gasteiger partial charge in [-0.05, 0) is 59.7 Å². The van der Waals surface area contributed by atoms with Gasteiger partial charge in [-0.1, -0.05) is 41.9 Å². The number of hydrogen-bond donors (Lipinski definition) is 0. The first kappa shape index (κ1) is 13.1. The Morgan fingerprint density at radius 2 is 1.95 bits per heavy atom. The Kier molecular flexibility index (Phi) is 3.18. The summed E-state index contributed by atoms with van der Waals surface area (Å²) in [4.78, 5) is 2.75. The van der Waals surface area contributed by atoms with Crippen molar-refractivity contribution in [2.24, 2.45) is 0 Å². The van der Waals surface area contributed by atoms with E-state index in [0.29, 0.717) is 0 Å². The van der Waals surface area contributed by atoms with E-state index in [1.807, 2.05) is 11.3 Å². The molecule has 0 bridgehead atoms. The molecule has 0 saturated carbocycles. The van der Waals surface area contributed by atoms with E-state index in [2.05, 4.69) is 73.1 Å². The zero-order valence-electron chi connectivity index (χ0n) is 11.5. The Morgan fingerprint density at radius 3 is 2.63 bits per heavy atom. The lowest BCUT2D eigenvalue weighted by Crippen LogP contribution is -2.21. The molecule has 0 saturated heterocycles. The highest BCUT2D eigenvalue weighted by molar-refractivity contribution is 9.10. The van der Waals surface area contributed by atoms with Crippen molar-refractivity contribution in [2.75, 3.05) is 0 Å². The van der Waals surface area contributed by atoms with Crippen molar-refractivity contribution >= 4 is 32.8 Å². The molecule has 0 aliphatic heterocycles. The number of aryl methyl sites for hydroxylation is 1. The Hall–Kier alpha value is -0.860. The number of thiophene rings is 1. The van der Waals surface area contributed by atoms with E-state index < -0.39 is 0 Å². The molecule has 0 N–H and O–H groups in total. The van der Waals surface area contributed by atoms with Crippen LogP contribution in [0.2, 0.25) is 0 Å². The Balaban J connectivity index is 2.20. The Labute approximate surface area is 127 Å². The maximum atomic E-state index is 3.61. The quantitative estimate of drug-likeness (QED) is 0.606. The van der Waals surface area contributed by atoms with Crippen LogP contribution < -0.4 is 0 Å². The molecule has 0 nitrogen and oxygen atoms in total. The van der Waals surface area contributed by atoms with Crippen LogP contribution in [-0.2, 0) is 5.41 Å². The standard InChI is InChI=1S/C17H17BrS/c1-11-4-7-16(19-11)13-8-9-17(2,3)15-6-5-12(18)10-14(13)15/h4-8,10H,9H2,1-3H3. The molecule has 1 heterocycles. The molecule has 0 radical (unpaired) electrons. The largest absolute Gasteiger partial charge is 0.141 e. The summed E-state index contributed by atoms with van der Waals surface area (Å²) in [6.07, 6.45) is 3.51. The van der Waals surface area contributed by atoms with Crippen molar-refractivity contribution in [3.05, 3.63) is 61.8 Å². The summed E-state index contributed by atoms with van der Waals surface area (Å²) >= 11 is 5.49. The topological polar surface area (TPSA) is 0 Å². The van der Waals surface area contributed by atoms with Crippen LogP contribution in [0.1, 0.15) is 41.1 Å². The van der Waals surface area contributed by atoms with E-state index in [-0.39, 0.29) is 5.41 Å². The van der Waals surface area contributed by atoms with Gasteiger partial charge in [0, 0.05) is 14.2 Å². The highest BCUT2D eigenvalue weighted by Crippen LogP contribution is 2.43. The number of halogens is 1. The zero-order valence-corrected chi connectivity index (χ0v) is 13.9.